The van der Waals surface area contributed by atoms with Crippen LogP contribution in [-0.2, 0) is 4.79 Å². The van der Waals surface area contributed by atoms with Crippen molar-refractivity contribution in [3.63, 3.8) is 0 Å². The highest BCUT2D eigenvalue weighted by molar-refractivity contribution is 5.95. The number of rotatable bonds is 3. The van der Waals surface area contributed by atoms with Crippen molar-refractivity contribution in [2.75, 3.05) is 32.7 Å². The van der Waals surface area contributed by atoms with E-state index in [0.29, 0.717) is 26.2 Å². The minimum atomic E-state index is -0.506. The summed E-state index contributed by atoms with van der Waals surface area (Å²) in [4.78, 5) is 28.7. The van der Waals surface area contributed by atoms with Gasteiger partial charge in [-0.3, -0.25) is 9.59 Å². The molecule has 2 saturated heterocycles. The summed E-state index contributed by atoms with van der Waals surface area (Å²) < 4.78 is 14.8. The molecule has 2 aliphatic rings. The minimum Gasteiger partial charge on any atom is -0.336 e. The molecule has 2 aliphatic heterocycles. The Morgan fingerprint density at radius 1 is 1.10 bits per heavy atom. The minimum absolute atomic E-state index is 0. The zero-order chi connectivity index (χ0) is 20.4. The molecular weight excluding hydrogens is 405 g/mol. The standard InChI is InChI=1S/C23H26FN3O2.ClH/c1-16-4-6-17(7-5-16)18-8-9-20(21(24)13-18)23(29)26-11-2-3-19(15-26)27-12-10-25-14-22(27)28;/h4-9,13,19,25H,2-3,10-12,14-15H2,1H3;1H. The number of nitrogens with one attached hydrogen (secondary N) is 1. The average molecular weight is 432 g/mol. The van der Waals surface area contributed by atoms with Gasteiger partial charge in [0.15, 0.2) is 0 Å². The van der Waals surface area contributed by atoms with Gasteiger partial charge in [-0.15, -0.1) is 12.4 Å². The third-order valence-corrected chi connectivity index (χ3v) is 5.83. The van der Waals surface area contributed by atoms with Gasteiger partial charge >= 0.3 is 0 Å². The summed E-state index contributed by atoms with van der Waals surface area (Å²) in [6, 6.07) is 12.7. The number of piperazine rings is 1. The van der Waals surface area contributed by atoms with Crippen molar-refractivity contribution in [1.82, 2.24) is 15.1 Å². The number of amides is 2. The third kappa shape index (κ3) is 4.65. The Labute approximate surface area is 182 Å². The molecule has 2 aromatic carbocycles. The summed E-state index contributed by atoms with van der Waals surface area (Å²) in [5.41, 5.74) is 2.91. The molecule has 1 atom stereocenters. The van der Waals surface area contributed by atoms with E-state index in [2.05, 4.69) is 5.32 Å². The fourth-order valence-corrected chi connectivity index (χ4v) is 4.19. The maximum absolute atomic E-state index is 14.8. The lowest BCUT2D eigenvalue weighted by Crippen LogP contribution is -2.57. The number of nitrogens with zero attached hydrogens (tertiary/aromatic N) is 2. The van der Waals surface area contributed by atoms with Crippen LogP contribution in [0.25, 0.3) is 11.1 Å². The highest BCUT2D eigenvalue weighted by Crippen LogP contribution is 2.25. The van der Waals surface area contributed by atoms with Crippen molar-refractivity contribution in [2.24, 2.45) is 0 Å². The molecule has 0 aliphatic carbocycles. The molecule has 7 heteroatoms. The molecular formula is C23H27ClFN3O2. The van der Waals surface area contributed by atoms with E-state index in [-0.39, 0.29) is 35.8 Å². The highest BCUT2D eigenvalue weighted by atomic mass is 35.5. The normalized spacial score (nSPS) is 19.4. The second kappa shape index (κ2) is 9.58. The maximum Gasteiger partial charge on any atom is 0.256 e. The molecule has 2 aromatic rings. The van der Waals surface area contributed by atoms with Gasteiger partial charge in [0, 0.05) is 32.2 Å². The molecule has 0 saturated carbocycles. The van der Waals surface area contributed by atoms with Crippen molar-refractivity contribution in [3.8, 4) is 11.1 Å². The molecule has 160 valence electrons. The summed E-state index contributed by atoms with van der Waals surface area (Å²) in [6.45, 7) is 4.83. The summed E-state index contributed by atoms with van der Waals surface area (Å²) >= 11 is 0. The van der Waals surface area contributed by atoms with Gasteiger partial charge in [0.25, 0.3) is 5.91 Å². The molecule has 0 spiro atoms. The molecule has 0 bridgehead atoms. The van der Waals surface area contributed by atoms with Gasteiger partial charge in [0.05, 0.1) is 12.1 Å². The molecule has 1 N–H and O–H groups in total. The molecule has 2 amide bonds. The van der Waals surface area contributed by atoms with Crippen LogP contribution in [0, 0.1) is 12.7 Å². The van der Waals surface area contributed by atoms with Gasteiger partial charge in [-0.1, -0.05) is 35.9 Å². The Bertz CT molecular complexity index is 919. The SMILES string of the molecule is Cc1ccc(-c2ccc(C(=O)N3CCCC(N4CCNCC4=O)C3)c(F)c2)cc1.Cl. The number of carbonyl (C=O) groups is 2. The van der Waals surface area contributed by atoms with Crippen LogP contribution in [0.5, 0.6) is 0 Å². The Kier molecular flexibility index (Phi) is 7.10. The maximum atomic E-state index is 14.8. The first-order valence-electron chi connectivity index (χ1n) is 10.2. The van der Waals surface area contributed by atoms with Crippen LogP contribution in [0.2, 0.25) is 0 Å². The molecule has 2 heterocycles. The molecule has 1 unspecified atom stereocenters. The van der Waals surface area contributed by atoms with E-state index >= 15 is 0 Å². The second-order valence-corrected chi connectivity index (χ2v) is 7.87. The molecule has 2 fully saturated rings. The number of likely N-dealkylation sites (tertiary alicyclic amines) is 1. The van der Waals surface area contributed by atoms with Crippen LogP contribution in [0.4, 0.5) is 4.39 Å². The fourth-order valence-electron chi connectivity index (χ4n) is 4.19. The molecule has 5 nitrogen and oxygen atoms in total. The smallest absolute Gasteiger partial charge is 0.256 e. The van der Waals surface area contributed by atoms with Crippen LogP contribution < -0.4 is 5.32 Å². The van der Waals surface area contributed by atoms with E-state index in [0.717, 1.165) is 36.1 Å². The Morgan fingerprint density at radius 2 is 1.83 bits per heavy atom. The van der Waals surface area contributed by atoms with Crippen molar-refractivity contribution in [2.45, 2.75) is 25.8 Å². The molecule has 0 radical (unpaired) electrons. The summed E-state index contributed by atoms with van der Waals surface area (Å²) in [6.07, 6.45) is 1.70. The molecule has 0 aromatic heterocycles. The van der Waals surface area contributed by atoms with Gasteiger partial charge in [-0.2, -0.15) is 0 Å². The molecule has 30 heavy (non-hydrogen) atoms. The lowest BCUT2D eigenvalue weighted by Gasteiger charge is -2.41. The highest BCUT2D eigenvalue weighted by Gasteiger charge is 2.32. The quantitative estimate of drug-likeness (QED) is 0.811. The summed E-state index contributed by atoms with van der Waals surface area (Å²) in [5.74, 6) is -0.733. The average Bonchev–Trinajstić information content (AvgIpc) is 2.74. The largest absolute Gasteiger partial charge is 0.336 e. The van der Waals surface area contributed by atoms with Crippen molar-refractivity contribution in [3.05, 3.63) is 59.4 Å². The van der Waals surface area contributed by atoms with E-state index in [1.165, 1.54) is 6.07 Å². The van der Waals surface area contributed by atoms with E-state index in [1.54, 1.807) is 17.0 Å². The number of hydrogen-bond acceptors (Lipinski definition) is 3. The first-order chi connectivity index (χ1) is 14.0. The number of aryl methyl sites for hydroxylation is 1. The zero-order valence-corrected chi connectivity index (χ0v) is 17.9. The summed E-state index contributed by atoms with van der Waals surface area (Å²) in [5, 5.41) is 3.07. The first kappa shape index (κ1) is 22.2. The molecule has 4 rings (SSSR count). The van der Waals surface area contributed by atoms with Gasteiger partial charge in [-0.25, -0.2) is 4.39 Å². The number of hydrogen-bond donors (Lipinski definition) is 1. The van der Waals surface area contributed by atoms with Crippen LogP contribution >= 0.6 is 12.4 Å². The Morgan fingerprint density at radius 3 is 2.53 bits per heavy atom. The van der Waals surface area contributed by atoms with Crippen molar-refractivity contribution in [1.29, 1.82) is 0 Å². The third-order valence-electron chi connectivity index (χ3n) is 5.83. The van der Waals surface area contributed by atoms with Crippen molar-refractivity contribution < 1.29 is 14.0 Å². The zero-order valence-electron chi connectivity index (χ0n) is 17.1. The predicted octanol–water partition coefficient (Wildman–Crippen LogP) is 3.26. The van der Waals surface area contributed by atoms with Crippen LogP contribution in [0.3, 0.4) is 0 Å². The van der Waals surface area contributed by atoms with Crippen LogP contribution in [-0.4, -0.2) is 60.4 Å². The second-order valence-electron chi connectivity index (χ2n) is 7.87. The van der Waals surface area contributed by atoms with E-state index < -0.39 is 5.82 Å². The number of halogens is 2. The van der Waals surface area contributed by atoms with E-state index in [4.69, 9.17) is 0 Å². The Balaban J connectivity index is 0.00000256. The topological polar surface area (TPSA) is 52.7 Å². The van der Waals surface area contributed by atoms with Gasteiger partial charge in [0.2, 0.25) is 5.91 Å². The number of benzene rings is 2. The predicted molar refractivity (Wildman–Crippen MR) is 117 cm³/mol. The van der Waals surface area contributed by atoms with Crippen LogP contribution in [0.1, 0.15) is 28.8 Å². The van der Waals surface area contributed by atoms with Gasteiger partial charge in [-0.05, 0) is 43.0 Å². The number of piperidine rings is 1. The monoisotopic (exact) mass is 431 g/mol. The van der Waals surface area contributed by atoms with Crippen LogP contribution in [0.15, 0.2) is 42.5 Å². The lowest BCUT2D eigenvalue weighted by molar-refractivity contribution is -0.135. The van der Waals surface area contributed by atoms with Crippen molar-refractivity contribution >= 4 is 24.2 Å². The first-order valence-corrected chi connectivity index (χ1v) is 10.2. The van der Waals surface area contributed by atoms with Gasteiger partial charge < -0.3 is 15.1 Å². The summed E-state index contributed by atoms with van der Waals surface area (Å²) in [7, 11) is 0. The lowest BCUT2D eigenvalue weighted by atomic mass is 10.00. The Hall–Kier alpha value is -2.44. The number of carbonyl (C=O) groups excluding carboxylic acids is 2. The van der Waals surface area contributed by atoms with E-state index in [9.17, 15) is 14.0 Å². The van der Waals surface area contributed by atoms with Gasteiger partial charge in [0.1, 0.15) is 5.82 Å². The fraction of sp³-hybridized carbons (Fsp3) is 0.391. The van der Waals surface area contributed by atoms with E-state index in [1.807, 2.05) is 36.1 Å².